The Hall–Kier alpha value is -3.16. The Bertz CT molecular complexity index is 1490. The topological polar surface area (TPSA) is 121 Å². The standard InChI is InChI=1S/C30H45N9O3S/c1-5-7-24-8-6-9-25(34-24)21-38-29-27(20-33-38)28(31-22-32-29)36-15-17-37(18-16-36)30(40)23-10-12-26(13-11-23)39(43(4,41)42)19-14-35(2)3/h6,8-9,20,22-23,26H,5,7,10-19,21H2,1-4H3/t23-,26-. The highest BCUT2D eigenvalue weighted by Crippen LogP contribution is 2.31. The second-order valence-electron chi connectivity index (χ2n) is 12.1. The number of rotatable bonds is 11. The average Bonchev–Trinajstić information content (AvgIpc) is 3.39. The van der Waals surface area contributed by atoms with Crippen molar-refractivity contribution >= 4 is 32.8 Å². The maximum atomic E-state index is 13.5. The van der Waals surface area contributed by atoms with Gasteiger partial charge in [-0.05, 0) is 58.3 Å². The number of aromatic nitrogens is 5. The predicted octanol–water partition coefficient (Wildman–Crippen LogP) is 2.25. The van der Waals surface area contributed by atoms with Crippen LogP contribution in [0.2, 0.25) is 0 Å². The molecular formula is C30H45N9O3S. The number of amides is 1. The summed E-state index contributed by atoms with van der Waals surface area (Å²) in [5, 5.41) is 5.52. The number of carbonyl (C=O) groups excluding carboxylic acids is 1. The van der Waals surface area contributed by atoms with Gasteiger partial charge in [0.15, 0.2) is 5.65 Å². The number of sulfonamides is 1. The van der Waals surface area contributed by atoms with Gasteiger partial charge in [0.25, 0.3) is 0 Å². The fourth-order valence-electron chi connectivity index (χ4n) is 6.34. The van der Waals surface area contributed by atoms with E-state index in [1.165, 1.54) is 6.26 Å². The molecule has 2 aliphatic rings. The number of anilines is 1. The quantitative estimate of drug-likeness (QED) is 0.322. The van der Waals surface area contributed by atoms with Crippen molar-refractivity contribution in [2.45, 2.75) is 58.0 Å². The zero-order valence-electron chi connectivity index (χ0n) is 25.9. The van der Waals surface area contributed by atoms with Crippen LogP contribution in [-0.2, 0) is 27.8 Å². The molecule has 4 heterocycles. The van der Waals surface area contributed by atoms with Gasteiger partial charge < -0.3 is 14.7 Å². The van der Waals surface area contributed by atoms with E-state index in [9.17, 15) is 13.2 Å². The zero-order valence-corrected chi connectivity index (χ0v) is 26.7. The van der Waals surface area contributed by atoms with E-state index in [1.807, 2.05) is 46.9 Å². The SMILES string of the molecule is CCCc1cccc(Cn2ncc3c(N4CCN(C(=O)[C@H]5CC[C@H](N(CCN(C)C)S(C)(=O)=O)CC5)CC4)ncnc32)n1. The molecule has 0 N–H and O–H groups in total. The number of aryl methyl sites for hydroxylation is 1. The molecule has 1 saturated carbocycles. The zero-order chi connectivity index (χ0) is 30.6. The van der Waals surface area contributed by atoms with Gasteiger partial charge in [0, 0.05) is 56.9 Å². The lowest BCUT2D eigenvalue weighted by Crippen LogP contribution is -2.52. The number of piperazine rings is 1. The first kappa shape index (κ1) is 31.3. The van der Waals surface area contributed by atoms with Crippen LogP contribution < -0.4 is 4.90 Å². The second-order valence-corrected chi connectivity index (χ2v) is 14.0. The van der Waals surface area contributed by atoms with Gasteiger partial charge in [0.2, 0.25) is 15.9 Å². The van der Waals surface area contributed by atoms with Crippen molar-refractivity contribution in [1.29, 1.82) is 0 Å². The highest BCUT2D eigenvalue weighted by atomic mass is 32.2. The van der Waals surface area contributed by atoms with Crippen molar-refractivity contribution in [1.82, 2.24) is 38.8 Å². The summed E-state index contributed by atoms with van der Waals surface area (Å²) in [5.74, 6) is 0.984. The van der Waals surface area contributed by atoms with Crippen LogP contribution in [0, 0.1) is 5.92 Å². The Morgan fingerprint density at radius 2 is 1.72 bits per heavy atom. The van der Waals surface area contributed by atoms with Gasteiger partial charge >= 0.3 is 0 Å². The summed E-state index contributed by atoms with van der Waals surface area (Å²) in [6.45, 7) is 6.49. The largest absolute Gasteiger partial charge is 0.352 e. The third kappa shape index (κ3) is 7.50. The first-order chi connectivity index (χ1) is 20.6. The van der Waals surface area contributed by atoms with Gasteiger partial charge in [0.1, 0.15) is 12.1 Å². The maximum Gasteiger partial charge on any atom is 0.225 e. The lowest BCUT2D eigenvalue weighted by molar-refractivity contribution is -0.137. The molecule has 13 heteroatoms. The fourth-order valence-corrected chi connectivity index (χ4v) is 7.51. The Morgan fingerprint density at radius 1 is 1.00 bits per heavy atom. The first-order valence-corrected chi connectivity index (χ1v) is 17.3. The van der Waals surface area contributed by atoms with Gasteiger partial charge in [-0.2, -0.15) is 9.40 Å². The van der Waals surface area contributed by atoms with Gasteiger partial charge in [-0.1, -0.05) is 19.4 Å². The molecule has 12 nitrogen and oxygen atoms in total. The van der Waals surface area contributed by atoms with Crippen LogP contribution in [0.3, 0.4) is 0 Å². The number of pyridine rings is 1. The Labute approximate surface area is 255 Å². The van der Waals surface area contributed by atoms with Crippen LogP contribution in [0.15, 0.2) is 30.7 Å². The lowest BCUT2D eigenvalue weighted by atomic mass is 9.85. The summed E-state index contributed by atoms with van der Waals surface area (Å²) in [6, 6.07) is 6.09. The molecule has 1 aliphatic heterocycles. The highest BCUT2D eigenvalue weighted by Gasteiger charge is 2.35. The molecule has 2 fully saturated rings. The minimum absolute atomic E-state index is 0.0343. The molecule has 5 rings (SSSR count). The van der Waals surface area contributed by atoms with Gasteiger partial charge in [-0.3, -0.25) is 9.78 Å². The van der Waals surface area contributed by atoms with Gasteiger partial charge in [-0.25, -0.2) is 23.1 Å². The summed E-state index contributed by atoms with van der Waals surface area (Å²) in [6.07, 6.45) is 9.60. The van der Waals surface area contributed by atoms with Crippen LogP contribution in [0.5, 0.6) is 0 Å². The second kappa shape index (κ2) is 13.6. The van der Waals surface area contributed by atoms with E-state index >= 15 is 0 Å². The van der Waals surface area contributed by atoms with Crippen molar-refractivity contribution in [3.63, 3.8) is 0 Å². The molecule has 1 aliphatic carbocycles. The molecule has 0 aromatic carbocycles. The summed E-state index contributed by atoms with van der Waals surface area (Å²) >= 11 is 0. The predicted molar refractivity (Wildman–Crippen MR) is 167 cm³/mol. The van der Waals surface area contributed by atoms with Crippen LogP contribution in [0.4, 0.5) is 5.82 Å². The Morgan fingerprint density at radius 3 is 2.40 bits per heavy atom. The molecule has 3 aromatic rings. The van der Waals surface area contributed by atoms with Crippen molar-refractivity contribution in [3.05, 3.63) is 42.1 Å². The van der Waals surface area contributed by atoms with E-state index < -0.39 is 10.0 Å². The number of hydrogen-bond acceptors (Lipinski definition) is 9. The van der Waals surface area contributed by atoms with E-state index in [1.54, 1.807) is 10.6 Å². The molecule has 1 saturated heterocycles. The number of likely N-dealkylation sites (N-methyl/N-ethyl adjacent to an activating group) is 1. The van der Waals surface area contributed by atoms with Crippen LogP contribution in [-0.4, -0.2) is 119 Å². The monoisotopic (exact) mass is 611 g/mol. The van der Waals surface area contributed by atoms with E-state index in [0.717, 1.165) is 66.8 Å². The Balaban J connectivity index is 1.17. The van der Waals surface area contributed by atoms with E-state index in [0.29, 0.717) is 45.8 Å². The van der Waals surface area contributed by atoms with Crippen LogP contribution in [0.25, 0.3) is 11.0 Å². The third-order valence-corrected chi connectivity index (χ3v) is 9.97. The number of fused-ring (bicyclic) bond motifs is 1. The fraction of sp³-hybridized carbons (Fsp3) is 0.633. The third-order valence-electron chi connectivity index (χ3n) is 8.63. The molecule has 0 spiro atoms. The number of hydrogen-bond donors (Lipinski definition) is 0. The van der Waals surface area contributed by atoms with Crippen molar-refractivity contribution in [2.24, 2.45) is 5.92 Å². The summed E-state index contributed by atoms with van der Waals surface area (Å²) in [7, 11) is 0.595. The molecular weight excluding hydrogens is 566 g/mol. The molecule has 3 aromatic heterocycles. The minimum Gasteiger partial charge on any atom is -0.352 e. The summed E-state index contributed by atoms with van der Waals surface area (Å²) in [4.78, 5) is 33.6. The van der Waals surface area contributed by atoms with Crippen LogP contribution in [0.1, 0.15) is 50.4 Å². The normalized spacial score (nSPS) is 20.0. The minimum atomic E-state index is -3.30. The molecule has 0 bridgehead atoms. The van der Waals surface area contributed by atoms with Crippen molar-refractivity contribution in [2.75, 3.05) is 64.5 Å². The molecule has 0 atom stereocenters. The smallest absolute Gasteiger partial charge is 0.225 e. The van der Waals surface area contributed by atoms with E-state index in [4.69, 9.17) is 4.98 Å². The Kier molecular flexibility index (Phi) is 9.92. The van der Waals surface area contributed by atoms with E-state index in [2.05, 4.69) is 33.0 Å². The molecule has 43 heavy (non-hydrogen) atoms. The number of nitrogens with zero attached hydrogens (tertiary/aromatic N) is 9. The summed E-state index contributed by atoms with van der Waals surface area (Å²) in [5.41, 5.74) is 2.81. The maximum absolute atomic E-state index is 13.5. The molecule has 0 radical (unpaired) electrons. The summed E-state index contributed by atoms with van der Waals surface area (Å²) < 4.78 is 28.4. The highest BCUT2D eigenvalue weighted by molar-refractivity contribution is 7.88. The molecule has 234 valence electrons. The first-order valence-electron chi connectivity index (χ1n) is 15.4. The van der Waals surface area contributed by atoms with Gasteiger partial charge in [0.05, 0.1) is 30.1 Å². The molecule has 1 amide bonds. The number of carbonyl (C=O) groups is 1. The van der Waals surface area contributed by atoms with Crippen molar-refractivity contribution < 1.29 is 13.2 Å². The molecule has 0 unspecified atom stereocenters. The van der Waals surface area contributed by atoms with Crippen molar-refractivity contribution in [3.8, 4) is 0 Å². The van der Waals surface area contributed by atoms with E-state index in [-0.39, 0.29) is 17.9 Å². The van der Waals surface area contributed by atoms with Gasteiger partial charge in [-0.15, -0.1) is 0 Å². The van der Waals surface area contributed by atoms with Crippen LogP contribution >= 0.6 is 0 Å². The lowest BCUT2D eigenvalue weighted by Gasteiger charge is -2.39. The average molecular weight is 612 g/mol.